The molecule has 2 aromatic carbocycles. The summed E-state index contributed by atoms with van der Waals surface area (Å²) in [5, 5.41) is 2.95. The van der Waals surface area contributed by atoms with Gasteiger partial charge in [-0.05, 0) is 42.5 Å². The molecular formula is C22H29ClFN3O. The van der Waals surface area contributed by atoms with E-state index in [1.807, 2.05) is 30.3 Å². The van der Waals surface area contributed by atoms with Gasteiger partial charge in [0.25, 0.3) is 0 Å². The molecule has 1 amide bonds. The Morgan fingerprint density at radius 2 is 1.75 bits per heavy atom. The molecule has 0 bridgehead atoms. The normalized spacial score (nSPS) is 16.5. The molecule has 0 radical (unpaired) electrons. The van der Waals surface area contributed by atoms with Crippen LogP contribution >= 0.6 is 12.4 Å². The minimum absolute atomic E-state index is 0. The smallest absolute Gasteiger partial charge is 0.244 e. The Morgan fingerprint density at radius 3 is 2.32 bits per heavy atom. The van der Waals surface area contributed by atoms with Gasteiger partial charge in [-0.25, -0.2) is 4.39 Å². The van der Waals surface area contributed by atoms with Gasteiger partial charge in [-0.2, -0.15) is 0 Å². The molecule has 6 heteroatoms. The molecule has 3 N–H and O–H groups in total. The minimum Gasteiger partial charge on any atom is -0.324 e. The van der Waals surface area contributed by atoms with E-state index in [0.717, 1.165) is 5.69 Å². The molecule has 28 heavy (non-hydrogen) atoms. The number of piperidine rings is 1. The fraction of sp³-hybridized carbons (Fsp3) is 0.409. The number of halogens is 2. The first kappa shape index (κ1) is 22.3. The van der Waals surface area contributed by atoms with Gasteiger partial charge < -0.3 is 11.1 Å². The first-order valence-electron chi connectivity index (χ1n) is 9.53. The number of amides is 1. The summed E-state index contributed by atoms with van der Waals surface area (Å²) in [5.74, 6) is 0.115. The van der Waals surface area contributed by atoms with Crippen molar-refractivity contribution in [2.75, 3.05) is 18.4 Å². The molecule has 0 unspecified atom stereocenters. The van der Waals surface area contributed by atoms with E-state index in [1.54, 1.807) is 12.1 Å². The molecule has 1 fully saturated rings. The quantitative estimate of drug-likeness (QED) is 0.779. The van der Waals surface area contributed by atoms with Gasteiger partial charge in [0.1, 0.15) is 5.82 Å². The summed E-state index contributed by atoms with van der Waals surface area (Å²) in [7, 11) is 0. The number of carbonyl (C=O) groups excluding carboxylic acids is 1. The fourth-order valence-corrected chi connectivity index (χ4v) is 3.41. The van der Waals surface area contributed by atoms with Crippen LogP contribution in [0.3, 0.4) is 0 Å². The molecule has 1 saturated heterocycles. The lowest BCUT2D eigenvalue weighted by molar-refractivity contribution is -0.122. The largest absolute Gasteiger partial charge is 0.324 e. The Bertz CT molecular complexity index is 787. The van der Waals surface area contributed by atoms with Crippen molar-refractivity contribution >= 4 is 24.0 Å². The molecule has 1 aliphatic heterocycles. The van der Waals surface area contributed by atoms with Crippen LogP contribution in [0.25, 0.3) is 0 Å². The zero-order valence-corrected chi connectivity index (χ0v) is 17.3. The number of rotatable bonds is 5. The van der Waals surface area contributed by atoms with Gasteiger partial charge in [-0.1, -0.05) is 44.2 Å². The van der Waals surface area contributed by atoms with E-state index in [1.165, 1.54) is 11.6 Å². The van der Waals surface area contributed by atoms with Crippen LogP contribution in [0.15, 0.2) is 48.5 Å². The summed E-state index contributed by atoms with van der Waals surface area (Å²) in [5.41, 5.74) is 8.19. The highest BCUT2D eigenvalue weighted by Gasteiger charge is 2.37. The zero-order valence-electron chi connectivity index (χ0n) is 16.5. The van der Waals surface area contributed by atoms with Crippen LogP contribution in [-0.4, -0.2) is 29.4 Å². The summed E-state index contributed by atoms with van der Waals surface area (Å²) >= 11 is 0. The molecule has 2 aromatic rings. The summed E-state index contributed by atoms with van der Waals surface area (Å²) in [4.78, 5) is 14.9. The van der Waals surface area contributed by atoms with Gasteiger partial charge in [0.15, 0.2) is 0 Å². The average Bonchev–Trinajstić information content (AvgIpc) is 2.66. The third kappa shape index (κ3) is 5.31. The maximum atomic E-state index is 13.8. The monoisotopic (exact) mass is 405 g/mol. The number of benzene rings is 2. The number of nitrogens with two attached hydrogens (primary N) is 1. The Kier molecular flexibility index (Phi) is 7.58. The SMILES string of the molecule is CC(C)c1ccc(NC(=O)C2(N)CCN(Cc3ccccc3F)CC2)cc1.Cl. The molecule has 0 saturated carbocycles. The summed E-state index contributed by atoms with van der Waals surface area (Å²) in [6.45, 7) is 6.16. The Labute approximate surface area is 172 Å². The van der Waals surface area contributed by atoms with Crippen molar-refractivity contribution in [3.05, 3.63) is 65.5 Å². The highest BCUT2D eigenvalue weighted by Crippen LogP contribution is 2.24. The van der Waals surface area contributed by atoms with Gasteiger partial charge in [-0.3, -0.25) is 9.69 Å². The summed E-state index contributed by atoms with van der Waals surface area (Å²) in [6.07, 6.45) is 1.11. The maximum Gasteiger partial charge on any atom is 0.244 e. The number of carbonyl (C=O) groups is 1. The fourth-order valence-electron chi connectivity index (χ4n) is 3.41. The van der Waals surface area contributed by atoms with Gasteiger partial charge in [0.2, 0.25) is 5.91 Å². The second-order valence-electron chi connectivity index (χ2n) is 7.75. The van der Waals surface area contributed by atoms with E-state index in [0.29, 0.717) is 44.0 Å². The van der Waals surface area contributed by atoms with Crippen LogP contribution in [0.5, 0.6) is 0 Å². The molecular weight excluding hydrogens is 377 g/mol. The van der Waals surface area contributed by atoms with E-state index in [4.69, 9.17) is 5.73 Å². The van der Waals surface area contributed by atoms with Crippen molar-refractivity contribution in [3.63, 3.8) is 0 Å². The number of likely N-dealkylation sites (tertiary alicyclic amines) is 1. The van der Waals surface area contributed by atoms with Gasteiger partial charge >= 0.3 is 0 Å². The van der Waals surface area contributed by atoms with Crippen molar-refractivity contribution in [2.45, 2.75) is 44.7 Å². The predicted molar refractivity (Wildman–Crippen MR) is 114 cm³/mol. The van der Waals surface area contributed by atoms with Crippen LogP contribution in [0.2, 0.25) is 0 Å². The Morgan fingerprint density at radius 1 is 1.14 bits per heavy atom. The summed E-state index contributed by atoms with van der Waals surface area (Å²) < 4.78 is 13.8. The summed E-state index contributed by atoms with van der Waals surface area (Å²) in [6, 6.07) is 14.7. The average molecular weight is 406 g/mol. The highest BCUT2D eigenvalue weighted by atomic mass is 35.5. The number of nitrogens with zero attached hydrogens (tertiary/aromatic N) is 1. The lowest BCUT2D eigenvalue weighted by Crippen LogP contribution is -2.57. The number of anilines is 1. The number of nitrogens with one attached hydrogen (secondary N) is 1. The molecule has 0 spiro atoms. The second kappa shape index (κ2) is 9.50. The molecule has 0 aromatic heterocycles. The van der Waals surface area contributed by atoms with Gasteiger partial charge in [0.05, 0.1) is 5.54 Å². The molecule has 0 atom stereocenters. The molecule has 0 aliphatic carbocycles. The standard InChI is InChI=1S/C22H28FN3O.ClH/c1-16(2)17-7-9-19(10-8-17)25-21(27)22(24)11-13-26(14-12-22)15-18-5-3-4-6-20(18)23;/h3-10,16H,11-15,24H2,1-2H3,(H,25,27);1H. The highest BCUT2D eigenvalue weighted by molar-refractivity contribution is 5.98. The van der Waals surface area contributed by atoms with Crippen LogP contribution in [0.1, 0.15) is 43.7 Å². The predicted octanol–water partition coefficient (Wildman–Crippen LogP) is 4.30. The van der Waals surface area contributed by atoms with Crippen molar-refractivity contribution in [2.24, 2.45) is 5.73 Å². The molecule has 4 nitrogen and oxygen atoms in total. The Hall–Kier alpha value is -1.95. The minimum atomic E-state index is -0.886. The lowest BCUT2D eigenvalue weighted by Gasteiger charge is -2.38. The maximum absolute atomic E-state index is 13.8. The Balaban J connectivity index is 0.00000280. The first-order chi connectivity index (χ1) is 12.9. The van der Waals surface area contributed by atoms with Crippen molar-refractivity contribution in [1.29, 1.82) is 0 Å². The van der Waals surface area contributed by atoms with Crippen LogP contribution in [0.4, 0.5) is 10.1 Å². The van der Waals surface area contributed by atoms with E-state index >= 15 is 0 Å². The van der Waals surface area contributed by atoms with Crippen LogP contribution in [0, 0.1) is 5.82 Å². The third-order valence-corrected chi connectivity index (χ3v) is 5.39. The van der Waals surface area contributed by atoms with E-state index in [-0.39, 0.29) is 24.1 Å². The van der Waals surface area contributed by atoms with Crippen molar-refractivity contribution in [1.82, 2.24) is 4.90 Å². The molecule has 1 aliphatic rings. The van der Waals surface area contributed by atoms with Crippen molar-refractivity contribution in [3.8, 4) is 0 Å². The van der Waals surface area contributed by atoms with E-state index in [2.05, 4.69) is 24.1 Å². The van der Waals surface area contributed by atoms with E-state index < -0.39 is 5.54 Å². The van der Waals surface area contributed by atoms with Gasteiger partial charge in [0, 0.05) is 30.9 Å². The second-order valence-corrected chi connectivity index (χ2v) is 7.75. The van der Waals surface area contributed by atoms with Gasteiger partial charge in [-0.15, -0.1) is 12.4 Å². The number of hydrogen-bond acceptors (Lipinski definition) is 3. The number of hydrogen-bond donors (Lipinski definition) is 2. The lowest BCUT2D eigenvalue weighted by atomic mass is 9.87. The topological polar surface area (TPSA) is 58.4 Å². The van der Waals surface area contributed by atoms with Crippen LogP contribution in [-0.2, 0) is 11.3 Å². The van der Waals surface area contributed by atoms with E-state index in [9.17, 15) is 9.18 Å². The van der Waals surface area contributed by atoms with Crippen LogP contribution < -0.4 is 11.1 Å². The molecule has 3 rings (SSSR count). The first-order valence-corrected chi connectivity index (χ1v) is 9.53. The molecule has 152 valence electrons. The third-order valence-electron chi connectivity index (χ3n) is 5.39. The molecule has 1 heterocycles. The van der Waals surface area contributed by atoms with Crippen molar-refractivity contribution < 1.29 is 9.18 Å². The zero-order chi connectivity index (χ0) is 19.4.